The standard InChI is InChI=1S/C16H18N2O4S/c1-10-3-5-12(6-4-10)22-9-14(19)18-16-17-11(2)13(23-16)7-8-15(20)21/h3-6H,7-9H2,1-2H3,(H,20,21)(H,17,18,19). The summed E-state index contributed by atoms with van der Waals surface area (Å²) in [6.07, 6.45) is 0.460. The minimum atomic E-state index is -0.852. The maximum absolute atomic E-state index is 11.9. The first kappa shape index (κ1) is 17.0. The molecular weight excluding hydrogens is 316 g/mol. The van der Waals surface area contributed by atoms with Gasteiger partial charge in [-0.25, -0.2) is 4.98 Å². The predicted octanol–water partition coefficient (Wildman–Crippen LogP) is 2.79. The van der Waals surface area contributed by atoms with Crippen LogP contribution in [0.4, 0.5) is 5.13 Å². The zero-order valence-electron chi connectivity index (χ0n) is 13.0. The molecule has 2 rings (SSSR count). The van der Waals surface area contributed by atoms with Gasteiger partial charge in [0.25, 0.3) is 5.91 Å². The van der Waals surface area contributed by atoms with Gasteiger partial charge >= 0.3 is 5.97 Å². The van der Waals surface area contributed by atoms with E-state index in [-0.39, 0.29) is 18.9 Å². The molecule has 0 aliphatic rings. The van der Waals surface area contributed by atoms with Crippen LogP contribution in [-0.4, -0.2) is 28.6 Å². The Bertz CT molecular complexity index is 695. The Morgan fingerprint density at radius 3 is 2.61 bits per heavy atom. The minimum Gasteiger partial charge on any atom is -0.484 e. The molecule has 7 heteroatoms. The fourth-order valence-corrected chi connectivity index (χ4v) is 2.85. The van der Waals surface area contributed by atoms with E-state index in [1.54, 1.807) is 19.1 Å². The highest BCUT2D eigenvalue weighted by Gasteiger charge is 2.12. The van der Waals surface area contributed by atoms with E-state index in [4.69, 9.17) is 9.84 Å². The maximum atomic E-state index is 11.9. The van der Waals surface area contributed by atoms with Gasteiger partial charge in [0, 0.05) is 4.88 Å². The van der Waals surface area contributed by atoms with Crippen LogP contribution in [0.5, 0.6) is 5.75 Å². The Morgan fingerprint density at radius 2 is 1.96 bits per heavy atom. The van der Waals surface area contributed by atoms with Crippen molar-refractivity contribution in [2.45, 2.75) is 26.7 Å². The Balaban J connectivity index is 1.86. The normalized spacial score (nSPS) is 10.3. The summed E-state index contributed by atoms with van der Waals surface area (Å²) in [5.41, 5.74) is 1.86. The van der Waals surface area contributed by atoms with Crippen molar-refractivity contribution in [3.8, 4) is 5.75 Å². The summed E-state index contributed by atoms with van der Waals surface area (Å²) in [5.74, 6) is -0.526. The van der Waals surface area contributed by atoms with Crippen molar-refractivity contribution in [3.63, 3.8) is 0 Å². The number of anilines is 1. The van der Waals surface area contributed by atoms with Crippen LogP contribution in [0.3, 0.4) is 0 Å². The van der Waals surface area contributed by atoms with E-state index in [1.807, 2.05) is 19.1 Å². The van der Waals surface area contributed by atoms with Crippen LogP contribution in [0.1, 0.15) is 22.6 Å². The van der Waals surface area contributed by atoms with Gasteiger partial charge < -0.3 is 9.84 Å². The number of nitrogens with zero attached hydrogens (tertiary/aromatic N) is 1. The Hall–Kier alpha value is -2.41. The second-order valence-electron chi connectivity index (χ2n) is 5.07. The van der Waals surface area contributed by atoms with E-state index in [1.165, 1.54) is 11.3 Å². The van der Waals surface area contributed by atoms with Crippen molar-refractivity contribution >= 4 is 28.3 Å². The van der Waals surface area contributed by atoms with Crippen LogP contribution in [0.15, 0.2) is 24.3 Å². The number of amides is 1. The largest absolute Gasteiger partial charge is 0.484 e. The van der Waals surface area contributed by atoms with E-state index < -0.39 is 5.97 Å². The predicted molar refractivity (Wildman–Crippen MR) is 88.1 cm³/mol. The zero-order valence-corrected chi connectivity index (χ0v) is 13.8. The second-order valence-corrected chi connectivity index (χ2v) is 6.15. The number of aryl methyl sites for hydroxylation is 3. The molecule has 6 nitrogen and oxygen atoms in total. The second kappa shape index (κ2) is 7.73. The zero-order chi connectivity index (χ0) is 16.8. The van der Waals surface area contributed by atoms with Gasteiger partial charge in [0.05, 0.1) is 12.1 Å². The average molecular weight is 334 g/mol. The molecule has 0 unspecified atom stereocenters. The smallest absolute Gasteiger partial charge is 0.303 e. The van der Waals surface area contributed by atoms with Crippen molar-refractivity contribution in [2.24, 2.45) is 0 Å². The lowest BCUT2D eigenvalue weighted by Gasteiger charge is -2.05. The number of carboxylic acids is 1. The molecule has 1 heterocycles. The summed E-state index contributed by atoms with van der Waals surface area (Å²) in [6, 6.07) is 7.43. The fraction of sp³-hybridized carbons (Fsp3) is 0.312. The van der Waals surface area contributed by atoms with Gasteiger partial charge in [-0.2, -0.15) is 0 Å². The first-order chi connectivity index (χ1) is 10.9. The molecule has 0 spiro atoms. The molecule has 23 heavy (non-hydrogen) atoms. The summed E-state index contributed by atoms with van der Waals surface area (Å²) >= 11 is 1.29. The highest BCUT2D eigenvalue weighted by molar-refractivity contribution is 7.15. The molecule has 0 aliphatic carbocycles. The molecule has 1 aromatic carbocycles. The van der Waals surface area contributed by atoms with Crippen LogP contribution in [0.2, 0.25) is 0 Å². The molecule has 0 atom stereocenters. The number of nitrogens with one attached hydrogen (secondary N) is 1. The number of thiazole rings is 1. The minimum absolute atomic E-state index is 0.0486. The van der Waals surface area contributed by atoms with E-state index in [0.29, 0.717) is 17.3 Å². The lowest BCUT2D eigenvalue weighted by molar-refractivity contribution is -0.137. The number of aliphatic carboxylic acids is 1. The third-order valence-electron chi connectivity index (χ3n) is 3.10. The quantitative estimate of drug-likeness (QED) is 0.813. The van der Waals surface area contributed by atoms with E-state index >= 15 is 0 Å². The third-order valence-corrected chi connectivity index (χ3v) is 4.23. The van der Waals surface area contributed by atoms with Crippen LogP contribution in [0, 0.1) is 13.8 Å². The van der Waals surface area contributed by atoms with Crippen molar-refractivity contribution in [2.75, 3.05) is 11.9 Å². The molecule has 0 aliphatic heterocycles. The van der Waals surface area contributed by atoms with Crippen LogP contribution >= 0.6 is 11.3 Å². The molecular formula is C16H18N2O4S. The van der Waals surface area contributed by atoms with Crippen LogP contribution in [-0.2, 0) is 16.0 Å². The Morgan fingerprint density at radius 1 is 1.26 bits per heavy atom. The van der Waals surface area contributed by atoms with Crippen LogP contribution in [0.25, 0.3) is 0 Å². The maximum Gasteiger partial charge on any atom is 0.303 e. The molecule has 2 aromatic rings. The molecule has 0 radical (unpaired) electrons. The first-order valence-corrected chi connectivity index (χ1v) is 7.93. The molecule has 0 bridgehead atoms. The number of benzene rings is 1. The molecule has 1 amide bonds. The summed E-state index contributed by atoms with van der Waals surface area (Å²) in [6.45, 7) is 3.67. The molecule has 1 aromatic heterocycles. The topological polar surface area (TPSA) is 88.5 Å². The number of carboxylic acid groups (broad SMARTS) is 1. The third kappa shape index (κ3) is 5.37. The fourth-order valence-electron chi connectivity index (χ4n) is 1.87. The van der Waals surface area contributed by atoms with E-state index in [9.17, 15) is 9.59 Å². The van der Waals surface area contributed by atoms with E-state index in [0.717, 1.165) is 16.1 Å². The number of carbonyl (C=O) groups is 2. The van der Waals surface area contributed by atoms with Crippen molar-refractivity contribution in [3.05, 3.63) is 40.4 Å². The van der Waals surface area contributed by atoms with Crippen molar-refractivity contribution in [1.29, 1.82) is 0 Å². The van der Waals surface area contributed by atoms with Crippen LogP contribution < -0.4 is 10.1 Å². The van der Waals surface area contributed by atoms with Gasteiger partial charge in [0.2, 0.25) is 0 Å². The summed E-state index contributed by atoms with van der Waals surface area (Å²) in [4.78, 5) is 27.6. The van der Waals surface area contributed by atoms with Gasteiger partial charge in [0.15, 0.2) is 11.7 Å². The van der Waals surface area contributed by atoms with Gasteiger partial charge in [-0.1, -0.05) is 17.7 Å². The van der Waals surface area contributed by atoms with E-state index in [2.05, 4.69) is 10.3 Å². The van der Waals surface area contributed by atoms with Gasteiger partial charge in [-0.05, 0) is 32.4 Å². The highest BCUT2D eigenvalue weighted by Crippen LogP contribution is 2.23. The molecule has 122 valence electrons. The molecule has 2 N–H and O–H groups in total. The number of hydrogen-bond donors (Lipinski definition) is 2. The SMILES string of the molecule is Cc1ccc(OCC(=O)Nc2nc(C)c(CCC(=O)O)s2)cc1. The Kier molecular flexibility index (Phi) is 5.70. The number of aromatic nitrogens is 1. The molecule has 0 saturated carbocycles. The lowest BCUT2D eigenvalue weighted by atomic mass is 10.2. The monoisotopic (exact) mass is 334 g/mol. The summed E-state index contributed by atoms with van der Waals surface area (Å²) in [5, 5.41) is 11.8. The van der Waals surface area contributed by atoms with Crippen molar-refractivity contribution in [1.82, 2.24) is 4.98 Å². The highest BCUT2D eigenvalue weighted by atomic mass is 32.1. The van der Waals surface area contributed by atoms with Gasteiger partial charge in [-0.15, -0.1) is 11.3 Å². The number of hydrogen-bond acceptors (Lipinski definition) is 5. The lowest BCUT2D eigenvalue weighted by Crippen LogP contribution is -2.20. The first-order valence-electron chi connectivity index (χ1n) is 7.11. The molecule has 0 saturated heterocycles. The van der Waals surface area contributed by atoms with Gasteiger partial charge in [0.1, 0.15) is 5.75 Å². The average Bonchev–Trinajstić information content (AvgIpc) is 2.84. The Labute approximate surface area is 138 Å². The van der Waals surface area contributed by atoms with Crippen molar-refractivity contribution < 1.29 is 19.4 Å². The number of carbonyl (C=O) groups excluding carboxylic acids is 1. The summed E-state index contributed by atoms with van der Waals surface area (Å²) < 4.78 is 5.40. The van der Waals surface area contributed by atoms with Gasteiger partial charge in [-0.3, -0.25) is 14.9 Å². The molecule has 0 fully saturated rings. The summed E-state index contributed by atoms with van der Waals surface area (Å²) in [7, 11) is 0. The number of ether oxygens (including phenoxy) is 1. The number of rotatable bonds is 7.